The second-order valence-corrected chi connectivity index (χ2v) is 6.45. The van der Waals surface area contributed by atoms with E-state index in [1.165, 1.54) is 4.88 Å². The van der Waals surface area contributed by atoms with Gasteiger partial charge in [-0.05, 0) is 43.2 Å². The smallest absolute Gasteiger partial charge is 0.223 e. The minimum absolute atomic E-state index is 0.229. The summed E-state index contributed by atoms with van der Waals surface area (Å²) in [4.78, 5) is 15.5. The number of thiophene rings is 1. The van der Waals surface area contributed by atoms with Crippen LogP contribution in [0, 0.1) is 11.8 Å². The Morgan fingerprint density at radius 1 is 1.47 bits per heavy atom. The number of carbonyl (C=O) groups is 1. The first kappa shape index (κ1) is 16.2. The highest BCUT2D eigenvalue weighted by Crippen LogP contribution is 2.18. The van der Waals surface area contributed by atoms with E-state index in [9.17, 15) is 4.79 Å². The van der Waals surface area contributed by atoms with Crippen LogP contribution in [0.25, 0.3) is 0 Å². The van der Waals surface area contributed by atoms with Gasteiger partial charge in [-0.15, -0.1) is 11.3 Å². The molecule has 108 valence electrons. The van der Waals surface area contributed by atoms with E-state index in [4.69, 9.17) is 5.73 Å². The van der Waals surface area contributed by atoms with E-state index < -0.39 is 0 Å². The monoisotopic (exact) mass is 282 g/mol. The fraction of sp³-hybridized carbons (Fsp3) is 0.667. The van der Waals surface area contributed by atoms with Crippen LogP contribution in [0.15, 0.2) is 17.5 Å². The number of nitrogens with two attached hydrogens (primary N) is 1. The first-order valence-electron chi connectivity index (χ1n) is 7.07. The van der Waals surface area contributed by atoms with Crippen LogP contribution in [0.1, 0.15) is 38.5 Å². The molecule has 0 saturated carbocycles. The molecule has 4 heteroatoms. The topological polar surface area (TPSA) is 46.3 Å². The quantitative estimate of drug-likeness (QED) is 0.796. The van der Waals surface area contributed by atoms with Crippen molar-refractivity contribution in [3.8, 4) is 0 Å². The van der Waals surface area contributed by atoms with E-state index in [1.807, 2.05) is 17.9 Å². The maximum absolute atomic E-state index is 12.3. The lowest BCUT2D eigenvalue weighted by Gasteiger charge is -2.24. The Bertz CT molecular complexity index is 362. The SMILES string of the molecule is CCN(Cc1cccs1)C(=O)CC(CN)CC(C)C. The maximum Gasteiger partial charge on any atom is 0.223 e. The van der Waals surface area contributed by atoms with Crippen LogP contribution in [0.2, 0.25) is 0 Å². The number of hydrogen-bond acceptors (Lipinski definition) is 3. The Balaban J connectivity index is 2.52. The van der Waals surface area contributed by atoms with Gasteiger partial charge in [-0.25, -0.2) is 0 Å². The molecule has 0 saturated heterocycles. The predicted molar refractivity (Wildman–Crippen MR) is 82.0 cm³/mol. The molecule has 1 aromatic heterocycles. The first-order chi connectivity index (χ1) is 9.06. The third kappa shape index (κ3) is 5.74. The zero-order chi connectivity index (χ0) is 14.3. The molecule has 1 aromatic rings. The van der Waals surface area contributed by atoms with Gasteiger partial charge in [-0.2, -0.15) is 0 Å². The minimum atomic E-state index is 0.229. The highest BCUT2D eigenvalue weighted by molar-refractivity contribution is 7.09. The fourth-order valence-electron chi connectivity index (χ4n) is 2.27. The van der Waals surface area contributed by atoms with E-state index in [-0.39, 0.29) is 5.91 Å². The summed E-state index contributed by atoms with van der Waals surface area (Å²) in [5.41, 5.74) is 5.78. The summed E-state index contributed by atoms with van der Waals surface area (Å²) in [6.45, 7) is 8.47. The lowest BCUT2D eigenvalue weighted by molar-refractivity contribution is -0.132. The molecule has 1 unspecified atom stereocenters. The van der Waals surface area contributed by atoms with Crippen LogP contribution < -0.4 is 5.73 Å². The van der Waals surface area contributed by atoms with Crippen LogP contribution in [0.4, 0.5) is 0 Å². The van der Waals surface area contributed by atoms with Crippen LogP contribution >= 0.6 is 11.3 Å². The third-order valence-electron chi connectivity index (χ3n) is 3.26. The van der Waals surface area contributed by atoms with Gasteiger partial charge in [0, 0.05) is 17.8 Å². The number of hydrogen-bond donors (Lipinski definition) is 1. The largest absolute Gasteiger partial charge is 0.338 e. The zero-order valence-corrected chi connectivity index (χ0v) is 13.1. The molecule has 0 bridgehead atoms. The molecule has 1 heterocycles. The highest BCUT2D eigenvalue weighted by Gasteiger charge is 2.18. The summed E-state index contributed by atoms with van der Waals surface area (Å²) in [6, 6.07) is 4.11. The van der Waals surface area contributed by atoms with Crippen molar-refractivity contribution in [3.63, 3.8) is 0 Å². The van der Waals surface area contributed by atoms with Gasteiger partial charge >= 0.3 is 0 Å². The van der Waals surface area contributed by atoms with Gasteiger partial charge in [-0.3, -0.25) is 4.79 Å². The van der Waals surface area contributed by atoms with Gasteiger partial charge < -0.3 is 10.6 Å². The average molecular weight is 282 g/mol. The summed E-state index contributed by atoms with van der Waals surface area (Å²) < 4.78 is 0. The zero-order valence-electron chi connectivity index (χ0n) is 12.3. The Morgan fingerprint density at radius 2 is 2.21 bits per heavy atom. The van der Waals surface area contributed by atoms with Gasteiger partial charge in [0.05, 0.1) is 6.54 Å². The molecular formula is C15H26N2OS. The fourth-order valence-corrected chi connectivity index (χ4v) is 2.99. The van der Waals surface area contributed by atoms with Crippen molar-refractivity contribution in [3.05, 3.63) is 22.4 Å². The number of carbonyl (C=O) groups excluding carboxylic acids is 1. The number of rotatable bonds is 8. The van der Waals surface area contributed by atoms with E-state index >= 15 is 0 Å². The standard InChI is InChI=1S/C15H26N2OS/c1-4-17(11-14-6-5-7-19-14)15(18)9-13(10-16)8-12(2)3/h5-7,12-13H,4,8-11,16H2,1-3H3. The van der Waals surface area contributed by atoms with Crippen molar-refractivity contribution in [1.29, 1.82) is 0 Å². The second-order valence-electron chi connectivity index (χ2n) is 5.42. The second kappa shape index (κ2) is 8.33. The average Bonchev–Trinajstić information content (AvgIpc) is 2.87. The number of nitrogens with zero attached hydrogens (tertiary/aromatic N) is 1. The van der Waals surface area contributed by atoms with E-state index in [1.54, 1.807) is 11.3 Å². The summed E-state index contributed by atoms with van der Waals surface area (Å²) in [5, 5.41) is 2.05. The molecule has 0 fully saturated rings. The minimum Gasteiger partial charge on any atom is -0.338 e. The van der Waals surface area contributed by atoms with Crippen molar-refractivity contribution < 1.29 is 4.79 Å². The summed E-state index contributed by atoms with van der Waals surface area (Å²) in [5.74, 6) is 1.13. The van der Waals surface area contributed by atoms with Crippen LogP contribution in [0.5, 0.6) is 0 Å². The molecule has 0 spiro atoms. The molecule has 0 aliphatic rings. The summed E-state index contributed by atoms with van der Waals surface area (Å²) >= 11 is 1.70. The van der Waals surface area contributed by atoms with Crippen molar-refractivity contribution in [2.75, 3.05) is 13.1 Å². The molecule has 3 nitrogen and oxygen atoms in total. The van der Waals surface area contributed by atoms with Crippen molar-refractivity contribution in [2.45, 2.75) is 40.2 Å². The molecule has 19 heavy (non-hydrogen) atoms. The van der Waals surface area contributed by atoms with Gasteiger partial charge in [0.1, 0.15) is 0 Å². The molecule has 0 aliphatic heterocycles. The lowest BCUT2D eigenvalue weighted by Crippen LogP contribution is -2.33. The predicted octanol–water partition coefficient (Wildman–Crippen LogP) is 3.11. The van der Waals surface area contributed by atoms with Crippen molar-refractivity contribution >= 4 is 17.2 Å². The third-order valence-corrected chi connectivity index (χ3v) is 4.12. The molecule has 1 rings (SSSR count). The molecular weight excluding hydrogens is 256 g/mol. The van der Waals surface area contributed by atoms with Gasteiger partial charge in [0.25, 0.3) is 0 Å². The Labute approximate surface area is 120 Å². The van der Waals surface area contributed by atoms with Crippen LogP contribution in [-0.4, -0.2) is 23.9 Å². The Hall–Kier alpha value is -0.870. The van der Waals surface area contributed by atoms with Gasteiger partial charge in [0.2, 0.25) is 5.91 Å². The van der Waals surface area contributed by atoms with E-state index in [0.29, 0.717) is 24.8 Å². The van der Waals surface area contributed by atoms with E-state index in [0.717, 1.165) is 19.5 Å². The maximum atomic E-state index is 12.3. The Morgan fingerprint density at radius 3 is 2.68 bits per heavy atom. The van der Waals surface area contributed by atoms with Crippen LogP contribution in [-0.2, 0) is 11.3 Å². The molecule has 1 amide bonds. The summed E-state index contributed by atoms with van der Waals surface area (Å²) in [6.07, 6.45) is 1.60. The first-order valence-corrected chi connectivity index (χ1v) is 7.95. The van der Waals surface area contributed by atoms with Crippen molar-refractivity contribution in [2.24, 2.45) is 17.6 Å². The van der Waals surface area contributed by atoms with Crippen molar-refractivity contribution in [1.82, 2.24) is 4.90 Å². The Kier molecular flexibility index (Phi) is 7.10. The summed E-state index contributed by atoms with van der Waals surface area (Å²) in [7, 11) is 0. The highest BCUT2D eigenvalue weighted by atomic mass is 32.1. The van der Waals surface area contributed by atoms with E-state index in [2.05, 4.69) is 25.3 Å². The molecule has 2 N–H and O–H groups in total. The molecule has 0 aliphatic carbocycles. The lowest BCUT2D eigenvalue weighted by atomic mass is 9.94. The molecule has 1 atom stereocenters. The molecule has 0 radical (unpaired) electrons. The van der Waals surface area contributed by atoms with Crippen LogP contribution in [0.3, 0.4) is 0 Å². The number of amides is 1. The van der Waals surface area contributed by atoms with Gasteiger partial charge in [-0.1, -0.05) is 19.9 Å². The van der Waals surface area contributed by atoms with Gasteiger partial charge in [0.15, 0.2) is 0 Å². The molecule has 0 aromatic carbocycles. The normalized spacial score (nSPS) is 12.7.